The van der Waals surface area contributed by atoms with Crippen molar-refractivity contribution in [2.24, 2.45) is 5.73 Å². The van der Waals surface area contributed by atoms with E-state index < -0.39 is 11.9 Å². The predicted molar refractivity (Wildman–Crippen MR) is 90.4 cm³/mol. The van der Waals surface area contributed by atoms with Gasteiger partial charge in [0.05, 0.1) is 29.4 Å². The Hall–Kier alpha value is -3.47. The molecular formula is C18H17N3O5. The van der Waals surface area contributed by atoms with E-state index in [-0.39, 0.29) is 46.3 Å². The van der Waals surface area contributed by atoms with Crippen molar-refractivity contribution < 1.29 is 23.9 Å². The van der Waals surface area contributed by atoms with Crippen molar-refractivity contribution in [1.82, 2.24) is 5.16 Å². The van der Waals surface area contributed by atoms with Gasteiger partial charge in [-0.25, -0.2) is 4.79 Å². The fourth-order valence-corrected chi connectivity index (χ4v) is 3.06. The van der Waals surface area contributed by atoms with E-state index in [1.807, 2.05) is 6.07 Å². The highest BCUT2D eigenvalue weighted by molar-refractivity contribution is 5.95. The molecule has 2 heterocycles. The van der Waals surface area contributed by atoms with Gasteiger partial charge in [0.15, 0.2) is 5.58 Å². The van der Waals surface area contributed by atoms with Crippen molar-refractivity contribution >= 4 is 16.9 Å². The number of aryl methyl sites for hydroxylation is 1. The molecule has 0 bridgehead atoms. The van der Waals surface area contributed by atoms with E-state index in [9.17, 15) is 15.2 Å². The molecule has 0 amide bonds. The van der Waals surface area contributed by atoms with Crippen LogP contribution in [0.2, 0.25) is 0 Å². The van der Waals surface area contributed by atoms with Crippen LogP contribution in [0.3, 0.4) is 0 Å². The summed E-state index contributed by atoms with van der Waals surface area (Å²) in [6.45, 7) is 5.10. The van der Waals surface area contributed by atoms with Crippen molar-refractivity contribution in [2.75, 3.05) is 6.61 Å². The Balaban J connectivity index is 2.34. The van der Waals surface area contributed by atoms with Gasteiger partial charge in [-0.1, -0.05) is 5.16 Å². The first-order valence-corrected chi connectivity index (χ1v) is 7.94. The number of allylic oxidation sites excluding steroid dienone is 2. The Labute approximate surface area is 149 Å². The number of esters is 1. The highest BCUT2D eigenvalue weighted by Gasteiger charge is 2.39. The maximum atomic E-state index is 12.6. The van der Waals surface area contributed by atoms with E-state index in [1.54, 1.807) is 26.8 Å². The molecule has 1 aliphatic rings. The zero-order chi connectivity index (χ0) is 19.0. The van der Waals surface area contributed by atoms with E-state index in [1.165, 1.54) is 6.07 Å². The number of carbonyl (C=O) groups is 1. The molecule has 0 fully saturated rings. The Kier molecular flexibility index (Phi) is 4.30. The van der Waals surface area contributed by atoms with Gasteiger partial charge in [-0.2, -0.15) is 5.26 Å². The number of aromatic nitrogens is 1. The van der Waals surface area contributed by atoms with Crippen LogP contribution >= 0.6 is 0 Å². The Bertz CT molecular complexity index is 1010. The summed E-state index contributed by atoms with van der Waals surface area (Å²) in [5, 5.41) is 24.7. The number of hydrogen-bond acceptors (Lipinski definition) is 8. The third-order valence-electron chi connectivity index (χ3n) is 4.23. The number of nitriles is 1. The number of phenolic OH excluding ortho intramolecular Hbond substituents is 1. The standard InChI is InChI=1S/C18H17N3O5/c1-4-24-18(23)13-9(3)25-17(20)11(7-19)14(13)15-12(22)6-5-10-8(2)21-26-16(10)15/h5-6,14,22H,4,20H2,1-3H3. The van der Waals surface area contributed by atoms with Gasteiger partial charge in [-0.15, -0.1) is 0 Å². The molecule has 3 rings (SSSR count). The molecule has 8 nitrogen and oxygen atoms in total. The van der Waals surface area contributed by atoms with Crippen molar-refractivity contribution in [3.8, 4) is 11.8 Å². The number of nitrogens with two attached hydrogens (primary N) is 1. The van der Waals surface area contributed by atoms with Crippen LogP contribution in [0.1, 0.15) is 31.0 Å². The van der Waals surface area contributed by atoms with Crippen LogP contribution in [-0.4, -0.2) is 22.8 Å². The third-order valence-corrected chi connectivity index (χ3v) is 4.23. The molecule has 1 aromatic carbocycles. The van der Waals surface area contributed by atoms with Crippen molar-refractivity contribution in [3.63, 3.8) is 0 Å². The Morgan fingerprint density at radius 1 is 1.46 bits per heavy atom. The highest BCUT2D eigenvalue weighted by atomic mass is 16.5. The number of fused-ring (bicyclic) bond motifs is 1. The molecule has 134 valence electrons. The van der Waals surface area contributed by atoms with Crippen LogP contribution in [0.4, 0.5) is 0 Å². The molecule has 1 aliphatic heterocycles. The van der Waals surface area contributed by atoms with Gasteiger partial charge in [0.1, 0.15) is 23.2 Å². The van der Waals surface area contributed by atoms with E-state index in [4.69, 9.17) is 19.7 Å². The van der Waals surface area contributed by atoms with Crippen LogP contribution in [0.5, 0.6) is 5.75 Å². The summed E-state index contributed by atoms with van der Waals surface area (Å²) >= 11 is 0. The quantitative estimate of drug-likeness (QED) is 0.803. The van der Waals surface area contributed by atoms with Gasteiger partial charge in [0, 0.05) is 5.39 Å². The predicted octanol–water partition coefficient (Wildman–Crippen LogP) is 2.49. The van der Waals surface area contributed by atoms with Crippen LogP contribution < -0.4 is 5.73 Å². The maximum Gasteiger partial charge on any atom is 0.338 e. The zero-order valence-corrected chi connectivity index (χ0v) is 14.5. The van der Waals surface area contributed by atoms with Gasteiger partial charge in [0.2, 0.25) is 5.88 Å². The summed E-state index contributed by atoms with van der Waals surface area (Å²) in [4.78, 5) is 12.6. The van der Waals surface area contributed by atoms with Crippen LogP contribution in [0, 0.1) is 18.3 Å². The maximum absolute atomic E-state index is 12.6. The molecule has 0 spiro atoms. The summed E-state index contributed by atoms with van der Waals surface area (Å²) in [6.07, 6.45) is 0. The first kappa shape index (κ1) is 17.4. The van der Waals surface area contributed by atoms with Crippen LogP contribution in [-0.2, 0) is 14.3 Å². The summed E-state index contributed by atoms with van der Waals surface area (Å²) in [6, 6.07) is 5.07. The Morgan fingerprint density at radius 3 is 2.85 bits per heavy atom. The average molecular weight is 355 g/mol. The molecule has 0 radical (unpaired) electrons. The van der Waals surface area contributed by atoms with Crippen molar-refractivity contribution in [2.45, 2.75) is 26.7 Å². The normalized spacial score (nSPS) is 17.2. The lowest BCUT2D eigenvalue weighted by molar-refractivity contribution is -0.139. The van der Waals surface area contributed by atoms with Gasteiger partial charge in [-0.3, -0.25) is 0 Å². The van der Waals surface area contributed by atoms with Gasteiger partial charge >= 0.3 is 5.97 Å². The molecule has 2 aromatic rings. The average Bonchev–Trinajstić information content (AvgIpc) is 2.95. The largest absolute Gasteiger partial charge is 0.507 e. The zero-order valence-electron chi connectivity index (χ0n) is 14.5. The van der Waals surface area contributed by atoms with Gasteiger partial charge in [-0.05, 0) is 32.9 Å². The highest BCUT2D eigenvalue weighted by Crippen LogP contribution is 2.45. The molecular weight excluding hydrogens is 338 g/mol. The van der Waals surface area contributed by atoms with Gasteiger partial charge < -0.3 is 24.8 Å². The molecule has 26 heavy (non-hydrogen) atoms. The van der Waals surface area contributed by atoms with Crippen LogP contribution in [0.15, 0.2) is 39.4 Å². The first-order valence-electron chi connectivity index (χ1n) is 7.94. The van der Waals surface area contributed by atoms with E-state index in [0.29, 0.717) is 11.1 Å². The summed E-state index contributed by atoms with van der Waals surface area (Å²) < 4.78 is 15.8. The monoisotopic (exact) mass is 355 g/mol. The number of nitrogens with zero attached hydrogens (tertiary/aromatic N) is 2. The molecule has 1 atom stereocenters. The van der Waals surface area contributed by atoms with Crippen molar-refractivity contribution in [1.29, 1.82) is 5.26 Å². The number of carbonyl (C=O) groups excluding carboxylic acids is 1. The van der Waals surface area contributed by atoms with E-state index in [0.717, 1.165) is 0 Å². The summed E-state index contributed by atoms with van der Waals surface area (Å²) in [5.74, 6) is -1.77. The molecule has 1 unspecified atom stereocenters. The second-order valence-electron chi connectivity index (χ2n) is 5.76. The fraction of sp³-hybridized carbons (Fsp3) is 0.278. The minimum atomic E-state index is -0.996. The smallest absolute Gasteiger partial charge is 0.338 e. The third kappa shape index (κ3) is 2.54. The lowest BCUT2D eigenvalue weighted by Crippen LogP contribution is -2.25. The number of aromatic hydroxyl groups is 1. The lowest BCUT2D eigenvalue weighted by Gasteiger charge is -2.27. The SMILES string of the molecule is CCOC(=O)C1=C(C)OC(N)=C(C#N)C1c1c(O)ccc2c(C)noc12. The fourth-order valence-electron chi connectivity index (χ4n) is 3.06. The molecule has 1 aromatic heterocycles. The molecule has 0 saturated carbocycles. The Morgan fingerprint density at radius 2 is 2.19 bits per heavy atom. The molecule has 8 heteroatoms. The summed E-state index contributed by atoms with van der Waals surface area (Å²) in [5.41, 5.74) is 7.02. The molecule has 3 N–H and O–H groups in total. The van der Waals surface area contributed by atoms with Gasteiger partial charge in [0.25, 0.3) is 0 Å². The first-order chi connectivity index (χ1) is 12.4. The topological polar surface area (TPSA) is 132 Å². The molecule has 0 saturated heterocycles. The number of hydrogen-bond donors (Lipinski definition) is 2. The van der Waals surface area contributed by atoms with Crippen molar-refractivity contribution in [3.05, 3.63) is 46.2 Å². The number of benzene rings is 1. The summed E-state index contributed by atoms with van der Waals surface area (Å²) in [7, 11) is 0. The van der Waals surface area contributed by atoms with Crippen LogP contribution in [0.25, 0.3) is 11.0 Å². The van der Waals surface area contributed by atoms with E-state index in [2.05, 4.69) is 5.16 Å². The minimum absolute atomic E-state index is 0.0180. The second kappa shape index (κ2) is 6.44. The number of ether oxygens (including phenoxy) is 2. The molecule has 0 aliphatic carbocycles. The second-order valence-corrected chi connectivity index (χ2v) is 5.76. The lowest BCUT2D eigenvalue weighted by atomic mass is 9.82. The minimum Gasteiger partial charge on any atom is -0.507 e. The van der Waals surface area contributed by atoms with E-state index >= 15 is 0 Å². The number of phenols is 1. The number of rotatable bonds is 3.